The normalized spacial score (nSPS) is 11.6. The second-order valence-electron chi connectivity index (χ2n) is 14.0. The quantitative estimate of drug-likeness (QED) is 0.172. The van der Waals surface area contributed by atoms with Crippen LogP contribution in [0.25, 0.3) is 106 Å². The van der Waals surface area contributed by atoms with E-state index in [1.165, 1.54) is 27.4 Å². The van der Waals surface area contributed by atoms with Gasteiger partial charge in [0.2, 0.25) is 0 Å². The van der Waals surface area contributed by atoms with Crippen molar-refractivity contribution in [2.75, 3.05) is 0 Å². The molecule has 5 nitrogen and oxygen atoms in total. The zero-order valence-corrected chi connectivity index (χ0v) is 30.2. The highest BCUT2D eigenvalue weighted by molar-refractivity contribution is 6.16. The van der Waals surface area contributed by atoms with E-state index in [1.54, 1.807) is 0 Å². The Morgan fingerprint density at radius 1 is 0.357 bits per heavy atom. The summed E-state index contributed by atoms with van der Waals surface area (Å²) in [5.74, 6) is 1.85. The molecule has 3 heterocycles. The van der Waals surface area contributed by atoms with E-state index >= 15 is 0 Å². The molecule has 0 saturated heterocycles. The lowest BCUT2D eigenvalue weighted by molar-refractivity contribution is 0.670. The number of rotatable bonds is 6. The van der Waals surface area contributed by atoms with Crippen molar-refractivity contribution in [1.29, 1.82) is 0 Å². The van der Waals surface area contributed by atoms with Gasteiger partial charge >= 0.3 is 0 Å². The molecule has 11 rings (SSSR count). The number of hydrogen-bond acceptors (Lipinski definition) is 4. The molecule has 0 radical (unpaired) electrons. The van der Waals surface area contributed by atoms with Crippen molar-refractivity contribution in [3.05, 3.63) is 194 Å². The monoisotopic (exact) mass is 716 g/mol. The third-order valence-electron chi connectivity index (χ3n) is 10.7. The fourth-order valence-corrected chi connectivity index (χ4v) is 8.03. The second-order valence-corrected chi connectivity index (χ2v) is 14.0. The molecular formula is C51H32N4O. The lowest BCUT2D eigenvalue weighted by Gasteiger charge is -2.11. The lowest BCUT2D eigenvalue weighted by atomic mass is 9.99. The molecule has 5 heteroatoms. The fourth-order valence-electron chi connectivity index (χ4n) is 8.03. The highest BCUT2D eigenvalue weighted by Gasteiger charge is 2.20. The van der Waals surface area contributed by atoms with Gasteiger partial charge in [0.1, 0.15) is 11.2 Å². The van der Waals surface area contributed by atoms with Crippen LogP contribution in [-0.2, 0) is 0 Å². The maximum absolute atomic E-state index is 6.80. The summed E-state index contributed by atoms with van der Waals surface area (Å²) in [4.78, 5) is 14.8. The molecule has 0 unspecified atom stereocenters. The Balaban J connectivity index is 1.07. The van der Waals surface area contributed by atoms with Crippen LogP contribution < -0.4 is 0 Å². The van der Waals surface area contributed by atoms with E-state index in [9.17, 15) is 0 Å². The number of para-hydroxylation sites is 3. The van der Waals surface area contributed by atoms with Crippen molar-refractivity contribution in [1.82, 2.24) is 19.5 Å². The Morgan fingerprint density at radius 2 is 0.911 bits per heavy atom. The average Bonchev–Trinajstić information content (AvgIpc) is 3.83. The standard InChI is InChI=1S/C51H32N4O/c1-5-15-33(16-6-1)39-23-13-25-42-44-31-36(28-30-45(44)55(47(39)42)38-21-11-4-12-22-38)40-24-14-26-43-41-29-27-37(32-46(41)56-48(40)43)51-53-49(34-17-7-2-8-18-34)52-50(54-51)35-19-9-3-10-20-35/h1-32H. The van der Waals surface area contributed by atoms with Crippen molar-refractivity contribution in [2.24, 2.45) is 0 Å². The summed E-state index contributed by atoms with van der Waals surface area (Å²) in [5.41, 5.74) is 12.4. The minimum Gasteiger partial charge on any atom is -0.455 e. The second kappa shape index (κ2) is 13.0. The van der Waals surface area contributed by atoms with Crippen molar-refractivity contribution in [2.45, 2.75) is 0 Å². The summed E-state index contributed by atoms with van der Waals surface area (Å²) < 4.78 is 9.20. The third kappa shape index (κ3) is 5.29. The molecule has 56 heavy (non-hydrogen) atoms. The van der Waals surface area contributed by atoms with E-state index in [4.69, 9.17) is 19.4 Å². The van der Waals surface area contributed by atoms with E-state index in [2.05, 4.69) is 138 Å². The van der Waals surface area contributed by atoms with Crippen LogP contribution in [0.2, 0.25) is 0 Å². The Morgan fingerprint density at radius 3 is 1.57 bits per heavy atom. The van der Waals surface area contributed by atoms with Gasteiger partial charge in [0.15, 0.2) is 17.5 Å². The largest absolute Gasteiger partial charge is 0.455 e. The Kier molecular flexibility index (Phi) is 7.42. The van der Waals surface area contributed by atoms with E-state index in [0.717, 1.165) is 61.0 Å². The molecule has 0 amide bonds. The minimum atomic E-state index is 0.593. The van der Waals surface area contributed by atoms with Gasteiger partial charge in [0.25, 0.3) is 0 Å². The Labute approximate surface area is 322 Å². The smallest absolute Gasteiger partial charge is 0.164 e. The molecule has 0 aliphatic rings. The van der Waals surface area contributed by atoms with Gasteiger partial charge in [-0.25, -0.2) is 15.0 Å². The topological polar surface area (TPSA) is 56.7 Å². The molecule has 0 N–H and O–H groups in total. The molecule has 0 fully saturated rings. The summed E-state index contributed by atoms with van der Waals surface area (Å²) in [6.07, 6.45) is 0. The molecule has 0 saturated carbocycles. The highest BCUT2D eigenvalue weighted by Crippen LogP contribution is 2.42. The zero-order chi connectivity index (χ0) is 37.0. The molecule has 11 aromatic rings. The first-order valence-electron chi connectivity index (χ1n) is 18.8. The first-order valence-corrected chi connectivity index (χ1v) is 18.8. The maximum Gasteiger partial charge on any atom is 0.164 e. The first-order chi connectivity index (χ1) is 27.8. The Bertz CT molecular complexity index is 3170. The van der Waals surface area contributed by atoms with E-state index in [0.29, 0.717) is 17.5 Å². The van der Waals surface area contributed by atoms with Gasteiger partial charge in [-0.3, -0.25) is 0 Å². The van der Waals surface area contributed by atoms with Gasteiger partial charge in [0.05, 0.1) is 11.0 Å². The molecule has 0 aliphatic carbocycles. The highest BCUT2D eigenvalue weighted by atomic mass is 16.3. The number of furan rings is 1. The number of hydrogen-bond donors (Lipinski definition) is 0. The molecule has 0 atom stereocenters. The molecule has 3 aromatic heterocycles. The van der Waals surface area contributed by atoms with Gasteiger partial charge in [0, 0.05) is 55.0 Å². The molecule has 0 aliphatic heterocycles. The molecule has 8 aromatic carbocycles. The van der Waals surface area contributed by atoms with Crippen LogP contribution in [0.15, 0.2) is 199 Å². The fraction of sp³-hybridized carbons (Fsp3) is 0. The molecule has 0 bridgehead atoms. The van der Waals surface area contributed by atoms with Crippen molar-refractivity contribution < 1.29 is 4.42 Å². The predicted octanol–water partition coefficient (Wildman–Crippen LogP) is 13.2. The number of nitrogens with zero attached hydrogens (tertiary/aromatic N) is 4. The van der Waals surface area contributed by atoms with E-state index in [1.807, 2.05) is 60.7 Å². The third-order valence-corrected chi connectivity index (χ3v) is 10.7. The van der Waals surface area contributed by atoms with Crippen LogP contribution in [0.3, 0.4) is 0 Å². The van der Waals surface area contributed by atoms with Crippen molar-refractivity contribution >= 4 is 43.7 Å². The van der Waals surface area contributed by atoms with Crippen molar-refractivity contribution in [3.8, 4) is 62.1 Å². The summed E-state index contributed by atoms with van der Waals surface area (Å²) in [7, 11) is 0. The molecular weight excluding hydrogens is 685 g/mol. The number of benzene rings is 8. The summed E-state index contributed by atoms with van der Waals surface area (Å²) >= 11 is 0. The van der Waals surface area contributed by atoms with Crippen LogP contribution in [0.5, 0.6) is 0 Å². The Hall–Kier alpha value is -7.63. The first kappa shape index (κ1) is 31.9. The van der Waals surface area contributed by atoms with Gasteiger partial charge in [-0.15, -0.1) is 0 Å². The van der Waals surface area contributed by atoms with Gasteiger partial charge in [-0.1, -0.05) is 158 Å². The summed E-state index contributed by atoms with van der Waals surface area (Å²) in [6.45, 7) is 0. The average molecular weight is 717 g/mol. The van der Waals surface area contributed by atoms with Crippen molar-refractivity contribution in [3.63, 3.8) is 0 Å². The minimum absolute atomic E-state index is 0.593. The zero-order valence-electron chi connectivity index (χ0n) is 30.2. The predicted molar refractivity (Wildman–Crippen MR) is 229 cm³/mol. The van der Waals surface area contributed by atoms with Crippen LogP contribution >= 0.6 is 0 Å². The van der Waals surface area contributed by atoms with Crippen LogP contribution in [-0.4, -0.2) is 19.5 Å². The lowest BCUT2D eigenvalue weighted by Crippen LogP contribution is -2.00. The molecule has 262 valence electrons. The summed E-state index contributed by atoms with van der Waals surface area (Å²) in [5, 5.41) is 4.50. The van der Waals surface area contributed by atoms with Gasteiger partial charge in [-0.2, -0.15) is 0 Å². The maximum atomic E-state index is 6.80. The number of aromatic nitrogens is 4. The van der Waals surface area contributed by atoms with Crippen LogP contribution in [0.4, 0.5) is 0 Å². The van der Waals surface area contributed by atoms with E-state index < -0.39 is 0 Å². The van der Waals surface area contributed by atoms with E-state index in [-0.39, 0.29) is 0 Å². The SMILES string of the molecule is c1ccc(-c2nc(-c3ccccc3)nc(-c3ccc4c(c3)oc3c(-c5ccc6c(c5)c5cccc(-c7ccccc7)c5n6-c5ccccc5)cccc34)n2)cc1. The van der Waals surface area contributed by atoms with Gasteiger partial charge < -0.3 is 8.98 Å². The summed E-state index contributed by atoms with van der Waals surface area (Å²) in [6, 6.07) is 67.5. The number of fused-ring (bicyclic) bond motifs is 6. The molecule has 0 spiro atoms. The van der Waals surface area contributed by atoms with Gasteiger partial charge in [-0.05, 0) is 47.5 Å². The van der Waals surface area contributed by atoms with Crippen LogP contribution in [0.1, 0.15) is 0 Å². The van der Waals surface area contributed by atoms with Crippen LogP contribution in [0, 0.1) is 0 Å².